The van der Waals surface area contributed by atoms with Gasteiger partial charge in [0.15, 0.2) is 11.2 Å². The SMILES string of the molecule is CCOC(=O)[C@@H](C)n1cnc2c1c(=O)n(CC1CC1)c(=O)n2-c1ccc(F)cc1. The first-order chi connectivity index (χ1) is 13.9. The van der Waals surface area contributed by atoms with E-state index in [2.05, 4.69) is 4.98 Å². The Hall–Kier alpha value is -3.23. The Morgan fingerprint density at radius 2 is 1.97 bits per heavy atom. The maximum atomic E-state index is 13.4. The van der Waals surface area contributed by atoms with Crippen molar-refractivity contribution in [3.05, 3.63) is 57.2 Å². The van der Waals surface area contributed by atoms with E-state index in [9.17, 15) is 18.8 Å². The van der Waals surface area contributed by atoms with Gasteiger partial charge in [-0.05, 0) is 56.9 Å². The summed E-state index contributed by atoms with van der Waals surface area (Å²) in [4.78, 5) is 42.8. The van der Waals surface area contributed by atoms with Crippen molar-refractivity contribution in [2.24, 2.45) is 5.92 Å². The van der Waals surface area contributed by atoms with Crippen LogP contribution in [0.3, 0.4) is 0 Å². The molecule has 0 saturated heterocycles. The zero-order valence-corrected chi connectivity index (χ0v) is 16.2. The molecule has 152 valence electrons. The van der Waals surface area contributed by atoms with Crippen LogP contribution in [0.15, 0.2) is 40.2 Å². The number of rotatable bonds is 6. The van der Waals surface area contributed by atoms with Crippen molar-refractivity contribution in [3.63, 3.8) is 0 Å². The molecule has 1 aliphatic rings. The monoisotopic (exact) mass is 400 g/mol. The maximum absolute atomic E-state index is 13.4. The second kappa shape index (κ2) is 7.31. The number of imidazole rings is 1. The van der Waals surface area contributed by atoms with Gasteiger partial charge in [-0.1, -0.05) is 0 Å². The molecule has 1 saturated carbocycles. The number of carbonyl (C=O) groups is 1. The van der Waals surface area contributed by atoms with Crippen molar-refractivity contribution >= 4 is 17.1 Å². The third-order valence-corrected chi connectivity index (χ3v) is 5.12. The van der Waals surface area contributed by atoms with Crippen molar-refractivity contribution in [1.29, 1.82) is 0 Å². The van der Waals surface area contributed by atoms with Gasteiger partial charge < -0.3 is 9.30 Å². The third kappa shape index (κ3) is 3.37. The van der Waals surface area contributed by atoms with Gasteiger partial charge in [-0.25, -0.2) is 23.5 Å². The minimum atomic E-state index is -0.791. The van der Waals surface area contributed by atoms with Gasteiger partial charge in [-0.3, -0.25) is 9.36 Å². The molecule has 1 fully saturated rings. The predicted molar refractivity (Wildman–Crippen MR) is 104 cm³/mol. The molecule has 0 spiro atoms. The summed E-state index contributed by atoms with van der Waals surface area (Å²) in [6, 6.07) is 4.59. The maximum Gasteiger partial charge on any atom is 0.337 e. The van der Waals surface area contributed by atoms with E-state index in [-0.39, 0.29) is 23.7 Å². The fourth-order valence-corrected chi connectivity index (χ4v) is 3.36. The molecule has 8 nitrogen and oxygen atoms in total. The van der Waals surface area contributed by atoms with E-state index in [1.54, 1.807) is 13.8 Å². The minimum absolute atomic E-state index is 0.120. The largest absolute Gasteiger partial charge is 0.464 e. The Kier molecular flexibility index (Phi) is 4.81. The van der Waals surface area contributed by atoms with Gasteiger partial charge in [0.1, 0.15) is 11.9 Å². The molecule has 1 atom stereocenters. The third-order valence-electron chi connectivity index (χ3n) is 5.12. The van der Waals surface area contributed by atoms with Crippen LogP contribution in [0.4, 0.5) is 4.39 Å². The van der Waals surface area contributed by atoms with E-state index in [0.29, 0.717) is 12.2 Å². The average molecular weight is 400 g/mol. The molecular weight excluding hydrogens is 379 g/mol. The van der Waals surface area contributed by atoms with Gasteiger partial charge in [0.25, 0.3) is 5.56 Å². The quantitative estimate of drug-likeness (QED) is 0.591. The van der Waals surface area contributed by atoms with Crippen LogP contribution in [0.25, 0.3) is 16.9 Å². The Morgan fingerprint density at radius 1 is 1.28 bits per heavy atom. The normalized spacial score (nSPS) is 14.9. The van der Waals surface area contributed by atoms with Crippen LogP contribution in [-0.2, 0) is 16.1 Å². The van der Waals surface area contributed by atoms with Gasteiger partial charge in [0.2, 0.25) is 0 Å². The highest BCUT2D eigenvalue weighted by Gasteiger charge is 2.28. The summed E-state index contributed by atoms with van der Waals surface area (Å²) < 4.78 is 22.4. The number of nitrogens with zero attached hydrogens (tertiary/aromatic N) is 4. The van der Waals surface area contributed by atoms with E-state index < -0.39 is 29.1 Å². The van der Waals surface area contributed by atoms with Crippen LogP contribution in [-0.4, -0.2) is 31.3 Å². The molecule has 9 heteroatoms. The van der Waals surface area contributed by atoms with Crippen molar-refractivity contribution in [1.82, 2.24) is 18.7 Å². The van der Waals surface area contributed by atoms with E-state index >= 15 is 0 Å². The van der Waals surface area contributed by atoms with Crippen LogP contribution in [0.5, 0.6) is 0 Å². The fourth-order valence-electron chi connectivity index (χ4n) is 3.36. The summed E-state index contributed by atoms with van der Waals surface area (Å²) in [6.07, 6.45) is 3.27. The molecule has 0 radical (unpaired) electrons. The Balaban J connectivity index is 1.99. The lowest BCUT2D eigenvalue weighted by Gasteiger charge is -2.15. The molecule has 3 aromatic rings. The molecule has 2 aromatic heterocycles. The summed E-state index contributed by atoms with van der Waals surface area (Å²) >= 11 is 0. The lowest BCUT2D eigenvalue weighted by atomic mass is 10.3. The number of halogens is 1. The molecule has 29 heavy (non-hydrogen) atoms. The highest BCUT2D eigenvalue weighted by atomic mass is 19.1. The molecule has 1 aliphatic carbocycles. The number of fused-ring (bicyclic) bond motifs is 1. The predicted octanol–water partition coefficient (Wildman–Crippen LogP) is 2.02. The Morgan fingerprint density at radius 3 is 2.59 bits per heavy atom. The van der Waals surface area contributed by atoms with Crippen LogP contribution < -0.4 is 11.2 Å². The van der Waals surface area contributed by atoms with E-state index in [1.807, 2.05) is 0 Å². The molecule has 0 N–H and O–H groups in total. The smallest absolute Gasteiger partial charge is 0.337 e. The number of benzene rings is 1. The standard InChI is InChI=1S/C20H21FN4O4/c1-3-29-19(27)12(2)24-11-22-17-16(24)18(26)23(10-13-4-5-13)20(28)25(17)15-8-6-14(21)7-9-15/h6-9,11-13H,3-5,10H2,1-2H3/t12-/m1/s1. The summed E-state index contributed by atoms with van der Waals surface area (Å²) in [5.41, 5.74) is -0.385. The number of carbonyl (C=O) groups excluding carboxylic acids is 1. The molecule has 0 bridgehead atoms. The highest BCUT2D eigenvalue weighted by molar-refractivity contribution is 5.79. The van der Waals surface area contributed by atoms with Gasteiger partial charge in [-0.15, -0.1) is 0 Å². The molecule has 2 heterocycles. The van der Waals surface area contributed by atoms with E-state index in [1.165, 1.54) is 44.3 Å². The molecular formula is C20H21FN4O4. The average Bonchev–Trinajstić information content (AvgIpc) is 3.42. The van der Waals surface area contributed by atoms with Crippen molar-refractivity contribution in [3.8, 4) is 5.69 Å². The van der Waals surface area contributed by atoms with Crippen LogP contribution in [0.2, 0.25) is 0 Å². The molecule has 0 amide bonds. The topological polar surface area (TPSA) is 88.1 Å². The minimum Gasteiger partial charge on any atom is -0.464 e. The van der Waals surface area contributed by atoms with Gasteiger partial charge in [-0.2, -0.15) is 0 Å². The number of ether oxygens (including phenoxy) is 1. The first-order valence-electron chi connectivity index (χ1n) is 9.57. The van der Waals surface area contributed by atoms with Crippen LogP contribution in [0.1, 0.15) is 32.7 Å². The molecule has 0 aliphatic heterocycles. The zero-order valence-electron chi connectivity index (χ0n) is 16.2. The number of hydrogen-bond donors (Lipinski definition) is 0. The second-order valence-electron chi connectivity index (χ2n) is 7.21. The van der Waals surface area contributed by atoms with Crippen LogP contribution >= 0.6 is 0 Å². The van der Waals surface area contributed by atoms with Gasteiger partial charge in [0, 0.05) is 6.54 Å². The van der Waals surface area contributed by atoms with Crippen LogP contribution in [0, 0.1) is 11.7 Å². The summed E-state index contributed by atoms with van der Waals surface area (Å²) in [7, 11) is 0. The van der Waals surface area contributed by atoms with Crippen molar-refractivity contribution in [2.45, 2.75) is 39.3 Å². The summed E-state index contributed by atoms with van der Waals surface area (Å²) in [6.45, 7) is 3.82. The number of esters is 1. The Labute approximate surface area is 165 Å². The second-order valence-corrected chi connectivity index (χ2v) is 7.21. The van der Waals surface area contributed by atoms with E-state index in [0.717, 1.165) is 12.8 Å². The van der Waals surface area contributed by atoms with Gasteiger partial charge in [0.05, 0.1) is 18.6 Å². The van der Waals surface area contributed by atoms with Gasteiger partial charge >= 0.3 is 11.7 Å². The van der Waals surface area contributed by atoms with Crippen molar-refractivity contribution in [2.75, 3.05) is 6.61 Å². The lowest BCUT2D eigenvalue weighted by molar-refractivity contribution is -0.146. The number of hydrogen-bond acceptors (Lipinski definition) is 5. The first kappa shape index (κ1) is 19.1. The fraction of sp³-hybridized carbons (Fsp3) is 0.400. The highest BCUT2D eigenvalue weighted by Crippen LogP contribution is 2.30. The summed E-state index contributed by atoms with van der Waals surface area (Å²) in [5.74, 6) is -0.663. The van der Waals surface area contributed by atoms with Crippen molar-refractivity contribution < 1.29 is 13.9 Å². The number of aromatic nitrogens is 4. The van der Waals surface area contributed by atoms with E-state index in [4.69, 9.17) is 4.74 Å². The molecule has 1 aromatic carbocycles. The molecule has 0 unspecified atom stereocenters. The molecule has 4 rings (SSSR count). The zero-order chi connectivity index (χ0) is 20.7. The lowest BCUT2D eigenvalue weighted by Crippen LogP contribution is -2.41. The first-order valence-corrected chi connectivity index (χ1v) is 9.57. The summed E-state index contributed by atoms with van der Waals surface area (Å²) in [5, 5.41) is 0. The Bertz CT molecular complexity index is 1190.